The molecule has 88 valence electrons. The molecule has 2 aliphatic rings. The second-order valence-corrected chi connectivity index (χ2v) is 4.67. The van der Waals surface area contributed by atoms with E-state index in [9.17, 15) is 15.0 Å². The topological polar surface area (TPSA) is 66.8 Å². The van der Waals surface area contributed by atoms with Gasteiger partial charge in [0.05, 0.1) is 12.4 Å². The largest absolute Gasteiger partial charge is 0.497 e. The fourth-order valence-electron chi connectivity index (χ4n) is 2.36. The number of fused-ring (bicyclic) bond motifs is 1. The van der Waals surface area contributed by atoms with Gasteiger partial charge in [-0.1, -0.05) is 0 Å². The molecule has 4 heteroatoms. The Morgan fingerprint density at radius 1 is 1.50 bits per heavy atom. The van der Waals surface area contributed by atoms with Crippen LogP contribution in [0, 0.1) is 5.92 Å². The van der Waals surface area contributed by atoms with Crippen molar-refractivity contribution in [3.05, 3.63) is 23.0 Å². The monoisotopic (exact) mass is 224 g/mol. The van der Waals surface area contributed by atoms with Crippen molar-refractivity contribution in [3.8, 4) is 0 Å². The van der Waals surface area contributed by atoms with Crippen LogP contribution in [-0.4, -0.2) is 34.3 Å². The van der Waals surface area contributed by atoms with Crippen LogP contribution >= 0.6 is 0 Å². The Morgan fingerprint density at radius 2 is 2.12 bits per heavy atom. The molecule has 0 bridgehead atoms. The van der Waals surface area contributed by atoms with E-state index >= 15 is 0 Å². The van der Waals surface area contributed by atoms with Crippen LogP contribution < -0.4 is 0 Å². The first-order chi connectivity index (χ1) is 7.35. The van der Waals surface area contributed by atoms with Crippen LogP contribution in [0.4, 0.5) is 0 Å². The zero-order chi connectivity index (χ0) is 12.1. The Kier molecular flexibility index (Phi) is 2.44. The summed E-state index contributed by atoms with van der Waals surface area (Å²) in [6.07, 6.45) is 0.655. The molecule has 2 rings (SSSR count). The van der Waals surface area contributed by atoms with Crippen LogP contribution in [0.2, 0.25) is 0 Å². The maximum Gasteiger partial charge on any atom is 0.192 e. The minimum absolute atomic E-state index is 0.305. The number of carbonyl (C=O) groups excluding carboxylic acids is 1. The fraction of sp³-hybridized carbons (Fsp3) is 0.583. The Balaban J connectivity index is 2.56. The predicted octanol–water partition coefficient (Wildman–Crippen LogP) is 0.548. The van der Waals surface area contributed by atoms with Crippen molar-refractivity contribution in [2.75, 3.05) is 6.61 Å². The minimum Gasteiger partial charge on any atom is -0.497 e. The fourth-order valence-corrected chi connectivity index (χ4v) is 2.36. The zero-order valence-electron chi connectivity index (χ0n) is 9.65. The number of ether oxygens (including phenoxy) is 1. The van der Waals surface area contributed by atoms with Gasteiger partial charge in [0.2, 0.25) is 0 Å². The van der Waals surface area contributed by atoms with Gasteiger partial charge >= 0.3 is 0 Å². The number of aliphatic hydroxyl groups is 2. The van der Waals surface area contributed by atoms with Gasteiger partial charge in [-0.05, 0) is 38.0 Å². The van der Waals surface area contributed by atoms with Crippen molar-refractivity contribution in [1.82, 2.24) is 0 Å². The van der Waals surface area contributed by atoms with E-state index in [4.69, 9.17) is 4.74 Å². The predicted molar refractivity (Wildman–Crippen MR) is 57.5 cm³/mol. The summed E-state index contributed by atoms with van der Waals surface area (Å²) in [6, 6.07) is 0. The van der Waals surface area contributed by atoms with Crippen molar-refractivity contribution < 1.29 is 19.7 Å². The molecule has 0 radical (unpaired) electrons. The van der Waals surface area contributed by atoms with Crippen molar-refractivity contribution in [1.29, 1.82) is 0 Å². The summed E-state index contributed by atoms with van der Waals surface area (Å²) in [7, 11) is 0. The average Bonchev–Trinajstić information content (AvgIpc) is 2.24. The molecule has 1 heterocycles. The van der Waals surface area contributed by atoms with Gasteiger partial charge in [0, 0.05) is 5.92 Å². The van der Waals surface area contributed by atoms with Crippen LogP contribution in [0.1, 0.15) is 20.8 Å². The number of ketones is 1. The summed E-state index contributed by atoms with van der Waals surface area (Å²) >= 11 is 0. The molecule has 1 aliphatic carbocycles. The highest BCUT2D eigenvalue weighted by atomic mass is 16.5. The SMILES string of the molecule is CC1=CC2=C(C)C(=O)[C@@](C)(O)[C@@H](O)[C@@H]2CO1. The van der Waals surface area contributed by atoms with Crippen molar-refractivity contribution in [2.45, 2.75) is 32.5 Å². The number of Topliss-reactive ketones (excluding diaryl/α,β-unsaturated/α-hetero) is 1. The molecule has 0 aromatic carbocycles. The third-order valence-electron chi connectivity index (χ3n) is 3.44. The third kappa shape index (κ3) is 1.41. The van der Waals surface area contributed by atoms with E-state index in [0.29, 0.717) is 12.2 Å². The summed E-state index contributed by atoms with van der Waals surface area (Å²) in [6.45, 7) is 5.14. The molecule has 0 fully saturated rings. The van der Waals surface area contributed by atoms with E-state index in [0.717, 1.165) is 11.3 Å². The first-order valence-corrected chi connectivity index (χ1v) is 5.33. The highest BCUT2D eigenvalue weighted by molar-refractivity contribution is 6.03. The highest BCUT2D eigenvalue weighted by Gasteiger charge is 2.49. The van der Waals surface area contributed by atoms with Crippen LogP contribution in [0.3, 0.4) is 0 Å². The minimum atomic E-state index is -1.71. The lowest BCUT2D eigenvalue weighted by molar-refractivity contribution is -0.151. The lowest BCUT2D eigenvalue weighted by atomic mass is 9.71. The van der Waals surface area contributed by atoms with Crippen LogP contribution in [0.25, 0.3) is 0 Å². The second kappa shape index (κ2) is 3.43. The molecule has 4 nitrogen and oxygen atoms in total. The molecule has 0 aromatic rings. The molecule has 0 saturated heterocycles. The normalized spacial score (nSPS) is 39.1. The number of rotatable bonds is 0. The van der Waals surface area contributed by atoms with E-state index in [1.807, 2.05) is 0 Å². The standard InChI is InChI=1S/C12H16O4/c1-6-4-8-7(2)10(13)12(3,15)11(14)9(8)5-16-6/h4,9,11,14-15H,5H2,1-3H3/t9-,11+,12-/m1/s1. The summed E-state index contributed by atoms with van der Waals surface area (Å²) < 4.78 is 5.34. The summed E-state index contributed by atoms with van der Waals surface area (Å²) in [5.74, 6) is 0.000688. The van der Waals surface area contributed by atoms with Gasteiger partial charge in [0.1, 0.15) is 6.10 Å². The maximum absolute atomic E-state index is 11.9. The van der Waals surface area contributed by atoms with Gasteiger partial charge in [-0.3, -0.25) is 4.79 Å². The molecule has 2 N–H and O–H groups in total. The lowest BCUT2D eigenvalue weighted by Crippen LogP contribution is -2.56. The van der Waals surface area contributed by atoms with Gasteiger partial charge < -0.3 is 14.9 Å². The van der Waals surface area contributed by atoms with E-state index < -0.39 is 17.5 Å². The summed E-state index contributed by atoms with van der Waals surface area (Å²) in [5.41, 5.74) is -0.406. The average molecular weight is 224 g/mol. The van der Waals surface area contributed by atoms with Gasteiger partial charge in [-0.2, -0.15) is 0 Å². The number of aliphatic hydroxyl groups excluding tert-OH is 1. The van der Waals surface area contributed by atoms with Gasteiger partial charge in [0.15, 0.2) is 11.4 Å². The molecule has 0 unspecified atom stereocenters. The smallest absolute Gasteiger partial charge is 0.192 e. The second-order valence-electron chi connectivity index (χ2n) is 4.67. The zero-order valence-corrected chi connectivity index (χ0v) is 9.65. The van der Waals surface area contributed by atoms with Crippen molar-refractivity contribution in [2.24, 2.45) is 5.92 Å². The Hall–Kier alpha value is -1.13. The van der Waals surface area contributed by atoms with Crippen LogP contribution in [0.15, 0.2) is 23.0 Å². The maximum atomic E-state index is 11.9. The molecule has 0 spiro atoms. The first kappa shape index (κ1) is 11.4. The quantitative estimate of drug-likeness (QED) is 0.630. The van der Waals surface area contributed by atoms with Gasteiger partial charge in [-0.25, -0.2) is 0 Å². The van der Waals surface area contributed by atoms with Crippen LogP contribution in [0.5, 0.6) is 0 Å². The number of hydrogen-bond donors (Lipinski definition) is 2. The van der Waals surface area contributed by atoms with Gasteiger partial charge in [0.25, 0.3) is 0 Å². The molecule has 0 aromatic heterocycles. The van der Waals surface area contributed by atoms with Crippen LogP contribution in [-0.2, 0) is 9.53 Å². The Labute approximate surface area is 94.2 Å². The molecule has 1 aliphatic heterocycles. The molecule has 0 amide bonds. The van der Waals surface area contributed by atoms with Gasteiger partial charge in [-0.15, -0.1) is 0 Å². The van der Waals surface area contributed by atoms with E-state index in [-0.39, 0.29) is 5.92 Å². The molecule has 16 heavy (non-hydrogen) atoms. The van der Waals surface area contributed by atoms with Crippen molar-refractivity contribution >= 4 is 5.78 Å². The Morgan fingerprint density at radius 3 is 2.75 bits per heavy atom. The summed E-state index contributed by atoms with van der Waals surface area (Å²) in [5, 5.41) is 20.0. The number of allylic oxidation sites excluding steroid dienone is 2. The van der Waals surface area contributed by atoms with E-state index in [1.165, 1.54) is 6.92 Å². The lowest BCUT2D eigenvalue weighted by Gasteiger charge is -2.41. The van der Waals surface area contributed by atoms with Crippen molar-refractivity contribution in [3.63, 3.8) is 0 Å². The van der Waals surface area contributed by atoms with E-state index in [1.54, 1.807) is 19.9 Å². The van der Waals surface area contributed by atoms with E-state index in [2.05, 4.69) is 0 Å². The third-order valence-corrected chi connectivity index (χ3v) is 3.44. The molecule has 3 atom stereocenters. The molecule has 0 saturated carbocycles. The summed E-state index contributed by atoms with van der Waals surface area (Å²) in [4.78, 5) is 11.9. The molecular weight excluding hydrogens is 208 g/mol. The Bertz CT molecular complexity index is 403. The first-order valence-electron chi connectivity index (χ1n) is 5.33. The highest BCUT2D eigenvalue weighted by Crippen LogP contribution is 2.38. The molecular formula is C12H16O4. The number of hydrogen-bond acceptors (Lipinski definition) is 4. The number of carbonyl (C=O) groups is 1.